The Morgan fingerprint density at radius 3 is 2.70 bits per heavy atom. The fourth-order valence-corrected chi connectivity index (χ4v) is 3.20. The van der Waals surface area contributed by atoms with Crippen LogP contribution in [0.3, 0.4) is 0 Å². The Bertz CT molecular complexity index is 567. The second kappa shape index (κ2) is 7.57. The molecule has 9 heteroatoms. The lowest BCUT2D eigenvalue weighted by molar-refractivity contribution is 0.600. The standard InChI is InChI=1S/C11H18N4O2S2.HI/c1-2-13-11(15-8-3-4-8)14-7-9-5-6-10(18-9)19(12,16)17;/h5-6,8H,2-4,7H2,1H3,(H2,12,16,17)(H2,13,14,15);1H. The van der Waals surface area contributed by atoms with Crippen molar-refractivity contribution in [2.45, 2.75) is 36.6 Å². The van der Waals surface area contributed by atoms with Crippen LogP contribution < -0.4 is 15.8 Å². The van der Waals surface area contributed by atoms with Gasteiger partial charge in [0.05, 0.1) is 6.54 Å². The van der Waals surface area contributed by atoms with Crippen LogP contribution in [0, 0.1) is 0 Å². The van der Waals surface area contributed by atoms with E-state index in [-0.39, 0.29) is 28.2 Å². The number of nitrogens with two attached hydrogens (primary N) is 1. The number of nitrogens with one attached hydrogen (secondary N) is 2. The zero-order valence-electron chi connectivity index (χ0n) is 11.1. The first-order chi connectivity index (χ1) is 8.99. The van der Waals surface area contributed by atoms with E-state index in [4.69, 9.17) is 5.14 Å². The summed E-state index contributed by atoms with van der Waals surface area (Å²) in [4.78, 5) is 5.30. The molecule has 0 saturated heterocycles. The molecule has 0 aromatic carbocycles. The van der Waals surface area contributed by atoms with E-state index in [1.54, 1.807) is 6.07 Å². The van der Waals surface area contributed by atoms with E-state index in [2.05, 4.69) is 15.6 Å². The summed E-state index contributed by atoms with van der Waals surface area (Å²) in [5.74, 6) is 0.774. The number of aliphatic imine (C=N–C) groups is 1. The third-order valence-corrected chi connectivity index (χ3v) is 5.08. The zero-order valence-corrected chi connectivity index (χ0v) is 15.1. The molecule has 1 saturated carbocycles. The molecule has 0 amide bonds. The smallest absolute Gasteiger partial charge is 0.247 e. The van der Waals surface area contributed by atoms with E-state index >= 15 is 0 Å². The molecule has 0 bridgehead atoms. The molecular formula is C11H19IN4O2S2. The molecule has 0 spiro atoms. The van der Waals surface area contributed by atoms with Gasteiger partial charge in [-0.2, -0.15) is 0 Å². The minimum Gasteiger partial charge on any atom is -0.357 e. The largest absolute Gasteiger partial charge is 0.357 e. The lowest BCUT2D eigenvalue weighted by atomic mass is 10.5. The number of halogens is 1. The summed E-state index contributed by atoms with van der Waals surface area (Å²) in [5.41, 5.74) is 0. The summed E-state index contributed by atoms with van der Waals surface area (Å²) in [7, 11) is -3.60. The predicted molar refractivity (Wildman–Crippen MR) is 92.1 cm³/mol. The van der Waals surface area contributed by atoms with E-state index in [0.29, 0.717) is 12.6 Å². The second-order valence-corrected chi connectivity index (χ2v) is 7.34. The van der Waals surface area contributed by atoms with Crippen LogP contribution in [0.5, 0.6) is 0 Å². The van der Waals surface area contributed by atoms with Crippen LogP contribution in [0.4, 0.5) is 0 Å². The molecule has 1 aromatic rings. The molecule has 0 aliphatic heterocycles. The average molecular weight is 430 g/mol. The highest BCUT2D eigenvalue weighted by Crippen LogP contribution is 2.21. The number of hydrogen-bond donors (Lipinski definition) is 3. The fraction of sp³-hybridized carbons (Fsp3) is 0.545. The lowest BCUT2D eigenvalue weighted by Gasteiger charge is -2.09. The zero-order chi connectivity index (χ0) is 13.9. The number of hydrogen-bond acceptors (Lipinski definition) is 4. The van der Waals surface area contributed by atoms with Gasteiger partial charge >= 0.3 is 0 Å². The average Bonchev–Trinajstić information content (AvgIpc) is 3.00. The third-order valence-electron chi connectivity index (χ3n) is 2.57. The van der Waals surface area contributed by atoms with Gasteiger partial charge in [-0.25, -0.2) is 18.5 Å². The summed E-state index contributed by atoms with van der Waals surface area (Å²) in [6, 6.07) is 3.79. The Morgan fingerprint density at radius 1 is 1.50 bits per heavy atom. The number of guanidine groups is 1. The normalized spacial score (nSPS) is 15.6. The predicted octanol–water partition coefficient (Wildman–Crippen LogP) is 1.23. The minimum absolute atomic E-state index is 0. The summed E-state index contributed by atoms with van der Waals surface area (Å²) in [5, 5.41) is 11.5. The third kappa shape index (κ3) is 5.54. The molecule has 1 aromatic heterocycles. The molecule has 1 fully saturated rings. The van der Waals surface area contributed by atoms with Gasteiger partial charge in [-0.3, -0.25) is 0 Å². The molecule has 0 unspecified atom stereocenters. The van der Waals surface area contributed by atoms with Crippen molar-refractivity contribution >= 4 is 51.3 Å². The van der Waals surface area contributed by atoms with Gasteiger partial charge in [0.25, 0.3) is 0 Å². The van der Waals surface area contributed by atoms with Crippen molar-refractivity contribution in [3.8, 4) is 0 Å². The highest BCUT2D eigenvalue weighted by atomic mass is 127. The molecular weight excluding hydrogens is 411 g/mol. The van der Waals surface area contributed by atoms with Gasteiger partial charge in [0, 0.05) is 17.5 Å². The highest BCUT2D eigenvalue weighted by molar-refractivity contribution is 14.0. The van der Waals surface area contributed by atoms with Crippen molar-refractivity contribution in [3.63, 3.8) is 0 Å². The first-order valence-electron chi connectivity index (χ1n) is 6.15. The first-order valence-corrected chi connectivity index (χ1v) is 8.51. The van der Waals surface area contributed by atoms with Crippen LogP contribution in [0.15, 0.2) is 21.3 Å². The molecule has 2 rings (SSSR count). The van der Waals surface area contributed by atoms with Crippen LogP contribution in [0.2, 0.25) is 0 Å². The van der Waals surface area contributed by atoms with Crippen molar-refractivity contribution in [1.29, 1.82) is 0 Å². The molecule has 1 aliphatic rings. The molecule has 1 heterocycles. The Kier molecular flexibility index (Phi) is 6.69. The minimum atomic E-state index is -3.60. The first kappa shape index (κ1) is 17.7. The summed E-state index contributed by atoms with van der Waals surface area (Å²) in [6.07, 6.45) is 2.36. The van der Waals surface area contributed by atoms with Crippen molar-refractivity contribution < 1.29 is 8.42 Å². The number of rotatable bonds is 5. The SMILES string of the molecule is CCNC(=NCc1ccc(S(N)(=O)=O)s1)NC1CC1.I. The molecule has 1 aliphatic carbocycles. The van der Waals surface area contributed by atoms with Crippen LogP contribution in [0.1, 0.15) is 24.6 Å². The molecule has 20 heavy (non-hydrogen) atoms. The van der Waals surface area contributed by atoms with Crippen LogP contribution in [-0.4, -0.2) is 27.0 Å². The molecule has 4 N–H and O–H groups in total. The second-order valence-electron chi connectivity index (χ2n) is 4.38. The Balaban J connectivity index is 0.00000200. The number of nitrogens with zero attached hydrogens (tertiary/aromatic N) is 1. The van der Waals surface area contributed by atoms with E-state index < -0.39 is 10.0 Å². The Labute approximate surface area is 140 Å². The maximum Gasteiger partial charge on any atom is 0.247 e. The summed E-state index contributed by atoms with van der Waals surface area (Å²) in [6.45, 7) is 3.25. The molecule has 0 radical (unpaired) electrons. The lowest BCUT2D eigenvalue weighted by Crippen LogP contribution is -2.38. The Morgan fingerprint density at radius 2 is 2.20 bits per heavy atom. The van der Waals surface area contributed by atoms with E-state index in [0.717, 1.165) is 28.7 Å². The maximum atomic E-state index is 11.2. The van der Waals surface area contributed by atoms with E-state index in [1.165, 1.54) is 18.9 Å². The van der Waals surface area contributed by atoms with Crippen molar-refractivity contribution in [2.24, 2.45) is 10.1 Å². The Hall–Kier alpha value is -0.390. The van der Waals surface area contributed by atoms with E-state index in [9.17, 15) is 8.42 Å². The fourth-order valence-electron chi connectivity index (χ4n) is 1.49. The summed E-state index contributed by atoms with van der Waals surface area (Å²) >= 11 is 1.16. The van der Waals surface area contributed by atoms with E-state index in [1.807, 2.05) is 6.92 Å². The molecule has 114 valence electrons. The topological polar surface area (TPSA) is 96.6 Å². The number of thiophene rings is 1. The van der Waals surface area contributed by atoms with Gasteiger partial charge in [0.15, 0.2) is 5.96 Å². The quantitative estimate of drug-likeness (QED) is 0.372. The van der Waals surface area contributed by atoms with Crippen molar-refractivity contribution in [1.82, 2.24) is 10.6 Å². The molecule has 0 atom stereocenters. The van der Waals surface area contributed by atoms with Gasteiger partial charge in [0.1, 0.15) is 4.21 Å². The highest BCUT2D eigenvalue weighted by Gasteiger charge is 2.22. The number of sulfonamides is 1. The number of primary sulfonamides is 1. The monoisotopic (exact) mass is 430 g/mol. The van der Waals surface area contributed by atoms with Crippen molar-refractivity contribution in [2.75, 3.05) is 6.54 Å². The van der Waals surface area contributed by atoms with Gasteiger partial charge in [-0.15, -0.1) is 35.3 Å². The van der Waals surface area contributed by atoms with Crippen LogP contribution in [0.25, 0.3) is 0 Å². The van der Waals surface area contributed by atoms with Crippen LogP contribution in [-0.2, 0) is 16.6 Å². The maximum absolute atomic E-state index is 11.2. The summed E-state index contributed by atoms with van der Waals surface area (Å²) < 4.78 is 22.5. The van der Waals surface area contributed by atoms with Crippen LogP contribution >= 0.6 is 35.3 Å². The van der Waals surface area contributed by atoms with Gasteiger partial charge in [-0.05, 0) is 31.9 Å². The van der Waals surface area contributed by atoms with Gasteiger partial charge in [-0.1, -0.05) is 0 Å². The van der Waals surface area contributed by atoms with Gasteiger partial charge in [0.2, 0.25) is 10.0 Å². The van der Waals surface area contributed by atoms with Crippen molar-refractivity contribution in [3.05, 3.63) is 17.0 Å². The van der Waals surface area contributed by atoms with Gasteiger partial charge < -0.3 is 10.6 Å². The molecule has 6 nitrogen and oxygen atoms in total.